The Labute approximate surface area is 168 Å². The number of phenolic OH excluding ortho intramolecular Hbond substituents is 1. The van der Waals surface area contributed by atoms with E-state index in [1.54, 1.807) is 12.1 Å². The average Bonchev–Trinajstić information content (AvgIpc) is 3.03. The van der Waals surface area contributed by atoms with Gasteiger partial charge in [0.15, 0.2) is 17.3 Å². The molecule has 3 aromatic rings. The summed E-state index contributed by atoms with van der Waals surface area (Å²) in [6, 6.07) is 19.8. The van der Waals surface area contributed by atoms with Crippen molar-refractivity contribution in [3.05, 3.63) is 89.2 Å². The minimum absolute atomic E-state index is 0.0522. The third-order valence-electron chi connectivity index (χ3n) is 4.46. The van der Waals surface area contributed by atoms with Crippen LogP contribution in [0.15, 0.2) is 72.5 Å². The number of phenols is 1. The second-order valence-electron chi connectivity index (χ2n) is 6.53. The summed E-state index contributed by atoms with van der Waals surface area (Å²) in [6.07, 6.45) is 1.66. The maximum atomic E-state index is 12.5. The van der Waals surface area contributed by atoms with Gasteiger partial charge in [0.1, 0.15) is 18.1 Å². The first-order valence-electron chi connectivity index (χ1n) is 9.35. The van der Waals surface area contributed by atoms with Gasteiger partial charge in [-0.15, -0.1) is 0 Å². The lowest BCUT2D eigenvalue weighted by Crippen LogP contribution is -2.01. The van der Waals surface area contributed by atoms with Crippen LogP contribution in [0.5, 0.6) is 23.0 Å². The summed E-state index contributed by atoms with van der Waals surface area (Å²) in [7, 11) is 0. The van der Waals surface area contributed by atoms with Gasteiger partial charge < -0.3 is 19.3 Å². The molecule has 1 heterocycles. The Morgan fingerprint density at radius 1 is 0.966 bits per heavy atom. The zero-order valence-corrected chi connectivity index (χ0v) is 15.9. The Morgan fingerprint density at radius 2 is 1.79 bits per heavy atom. The van der Waals surface area contributed by atoms with Crippen LogP contribution in [0.2, 0.25) is 0 Å². The largest absolute Gasteiger partial charge is 0.508 e. The molecular formula is C24H20O5. The van der Waals surface area contributed by atoms with Gasteiger partial charge in [0, 0.05) is 6.07 Å². The zero-order chi connectivity index (χ0) is 20.2. The maximum absolute atomic E-state index is 12.5. The van der Waals surface area contributed by atoms with Gasteiger partial charge in [0.25, 0.3) is 0 Å². The smallest absolute Gasteiger partial charge is 0.231 e. The number of ether oxygens (including phenoxy) is 3. The molecule has 0 spiro atoms. The van der Waals surface area contributed by atoms with Gasteiger partial charge in [-0.1, -0.05) is 36.4 Å². The fourth-order valence-electron chi connectivity index (χ4n) is 3.06. The van der Waals surface area contributed by atoms with Crippen LogP contribution in [0, 0.1) is 0 Å². The molecule has 0 saturated carbocycles. The van der Waals surface area contributed by atoms with Gasteiger partial charge in [-0.2, -0.15) is 0 Å². The third kappa shape index (κ3) is 4.09. The number of allylic oxidation sites excluding steroid dienone is 1. The van der Waals surface area contributed by atoms with E-state index in [2.05, 4.69) is 0 Å². The predicted octanol–water partition coefficient (Wildman–Crippen LogP) is 4.99. The first-order chi connectivity index (χ1) is 14.1. The standard InChI is InChI=1S/C24H20O5/c1-2-27-22-12-17(8-11-20(22)28-15-16-6-4-3-5-7-16)13-23-24(26)19-10-9-18(25)14-21(19)29-23/h3-14,25H,2,15H2,1H3. The summed E-state index contributed by atoms with van der Waals surface area (Å²) in [5.74, 6) is 1.61. The number of hydrogen-bond donors (Lipinski definition) is 1. The van der Waals surface area contributed by atoms with Crippen molar-refractivity contribution in [1.82, 2.24) is 0 Å². The quantitative estimate of drug-likeness (QED) is 0.603. The highest BCUT2D eigenvalue weighted by molar-refractivity contribution is 6.14. The van der Waals surface area contributed by atoms with E-state index in [1.165, 1.54) is 12.1 Å². The molecule has 1 aliphatic rings. The van der Waals surface area contributed by atoms with E-state index >= 15 is 0 Å². The molecule has 3 aromatic carbocycles. The van der Waals surface area contributed by atoms with Gasteiger partial charge in [-0.3, -0.25) is 4.79 Å². The van der Waals surface area contributed by atoms with Gasteiger partial charge in [0.05, 0.1) is 12.2 Å². The summed E-state index contributed by atoms with van der Waals surface area (Å²) in [5.41, 5.74) is 2.25. The summed E-state index contributed by atoms with van der Waals surface area (Å²) in [4.78, 5) is 12.5. The molecule has 0 fully saturated rings. The number of carbonyl (C=O) groups excluding carboxylic acids is 1. The van der Waals surface area contributed by atoms with E-state index in [1.807, 2.05) is 55.5 Å². The SMILES string of the molecule is CCOc1cc(C=C2Oc3cc(O)ccc3C2=O)ccc1OCc1ccccc1. The number of Topliss-reactive ketones (excluding diaryl/α,β-unsaturated/α-hetero) is 1. The lowest BCUT2D eigenvalue weighted by Gasteiger charge is -2.13. The summed E-state index contributed by atoms with van der Waals surface area (Å²) < 4.78 is 17.3. The molecule has 0 aliphatic carbocycles. The highest BCUT2D eigenvalue weighted by Gasteiger charge is 2.27. The summed E-state index contributed by atoms with van der Waals surface area (Å²) >= 11 is 0. The lowest BCUT2D eigenvalue weighted by atomic mass is 10.1. The Kier molecular flexibility index (Phi) is 5.20. The Bertz CT molecular complexity index is 1070. The van der Waals surface area contributed by atoms with Crippen LogP contribution in [0.1, 0.15) is 28.4 Å². The van der Waals surface area contributed by atoms with Gasteiger partial charge in [-0.25, -0.2) is 0 Å². The van der Waals surface area contributed by atoms with E-state index in [9.17, 15) is 9.90 Å². The third-order valence-corrected chi connectivity index (χ3v) is 4.46. The average molecular weight is 388 g/mol. The van der Waals surface area contributed by atoms with Crippen LogP contribution in [0.4, 0.5) is 0 Å². The van der Waals surface area contributed by atoms with Crippen molar-refractivity contribution >= 4 is 11.9 Å². The molecule has 0 unspecified atom stereocenters. The molecule has 0 radical (unpaired) electrons. The Balaban J connectivity index is 1.56. The van der Waals surface area contributed by atoms with Crippen molar-refractivity contribution in [2.45, 2.75) is 13.5 Å². The molecule has 0 bridgehead atoms. The number of aromatic hydroxyl groups is 1. The second kappa shape index (κ2) is 8.10. The van der Waals surface area contributed by atoms with Crippen LogP contribution in [0.3, 0.4) is 0 Å². The minimum atomic E-state index is -0.220. The first kappa shape index (κ1) is 18.6. The molecule has 5 heteroatoms. The van der Waals surface area contributed by atoms with Crippen LogP contribution in [0.25, 0.3) is 6.08 Å². The minimum Gasteiger partial charge on any atom is -0.508 e. The monoisotopic (exact) mass is 388 g/mol. The highest BCUT2D eigenvalue weighted by Crippen LogP contribution is 2.35. The van der Waals surface area contributed by atoms with Crippen molar-refractivity contribution in [3.63, 3.8) is 0 Å². The van der Waals surface area contributed by atoms with E-state index in [4.69, 9.17) is 14.2 Å². The first-order valence-corrected chi connectivity index (χ1v) is 9.35. The molecule has 0 atom stereocenters. The van der Waals surface area contributed by atoms with Gasteiger partial charge >= 0.3 is 0 Å². The Hall–Kier alpha value is -3.73. The molecule has 4 rings (SSSR count). The van der Waals surface area contributed by atoms with Crippen molar-refractivity contribution in [2.24, 2.45) is 0 Å². The molecule has 146 valence electrons. The second-order valence-corrected chi connectivity index (χ2v) is 6.53. The molecule has 29 heavy (non-hydrogen) atoms. The van der Waals surface area contributed by atoms with E-state index in [0.29, 0.717) is 36.0 Å². The fraction of sp³-hybridized carbons (Fsp3) is 0.125. The topological polar surface area (TPSA) is 65.0 Å². The number of ketones is 1. The number of hydrogen-bond acceptors (Lipinski definition) is 5. The molecule has 1 N–H and O–H groups in total. The van der Waals surface area contributed by atoms with E-state index in [-0.39, 0.29) is 17.3 Å². The van der Waals surface area contributed by atoms with Crippen molar-refractivity contribution in [1.29, 1.82) is 0 Å². The molecule has 1 aliphatic heterocycles. The van der Waals surface area contributed by atoms with Crippen molar-refractivity contribution < 1.29 is 24.1 Å². The number of fused-ring (bicyclic) bond motifs is 1. The van der Waals surface area contributed by atoms with E-state index < -0.39 is 0 Å². The number of carbonyl (C=O) groups is 1. The number of rotatable bonds is 6. The lowest BCUT2D eigenvalue weighted by molar-refractivity contribution is 0.101. The zero-order valence-electron chi connectivity index (χ0n) is 15.9. The summed E-state index contributed by atoms with van der Waals surface area (Å²) in [6.45, 7) is 2.82. The number of benzene rings is 3. The van der Waals surface area contributed by atoms with Crippen LogP contribution in [-0.4, -0.2) is 17.5 Å². The predicted molar refractivity (Wildman–Crippen MR) is 109 cm³/mol. The normalized spacial score (nSPS) is 13.8. The van der Waals surface area contributed by atoms with Crippen molar-refractivity contribution in [3.8, 4) is 23.0 Å². The Morgan fingerprint density at radius 3 is 2.59 bits per heavy atom. The maximum Gasteiger partial charge on any atom is 0.231 e. The molecule has 0 saturated heterocycles. The van der Waals surface area contributed by atoms with Gasteiger partial charge in [-0.05, 0) is 48.4 Å². The van der Waals surface area contributed by atoms with E-state index in [0.717, 1.165) is 11.1 Å². The van der Waals surface area contributed by atoms with Crippen LogP contribution >= 0.6 is 0 Å². The highest BCUT2D eigenvalue weighted by atomic mass is 16.5. The van der Waals surface area contributed by atoms with Crippen molar-refractivity contribution in [2.75, 3.05) is 6.61 Å². The van der Waals surface area contributed by atoms with Crippen LogP contribution < -0.4 is 14.2 Å². The molecule has 0 aromatic heterocycles. The molecular weight excluding hydrogens is 368 g/mol. The fourth-order valence-corrected chi connectivity index (χ4v) is 3.06. The van der Waals surface area contributed by atoms with Gasteiger partial charge in [0.2, 0.25) is 5.78 Å². The summed E-state index contributed by atoms with van der Waals surface area (Å²) in [5, 5.41) is 9.58. The molecule has 0 amide bonds. The molecule has 5 nitrogen and oxygen atoms in total. The van der Waals surface area contributed by atoms with Crippen LogP contribution in [-0.2, 0) is 6.61 Å².